The Labute approximate surface area is 171 Å². The third-order valence-corrected chi connectivity index (χ3v) is 6.43. The van der Waals surface area contributed by atoms with Gasteiger partial charge in [0.1, 0.15) is 0 Å². The highest BCUT2D eigenvalue weighted by Gasteiger charge is 2.20. The van der Waals surface area contributed by atoms with Gasteiger partial charge in [0, 0.05) is 55.1 Å². The zero-order chi connectivity index (χ0) is 19.1. The molecule has 0 bridgehead atoms. The van der Waals surface area contributed by atoms with Crippen LogP contribution in [0.2, 0.25) is 5.02 Å². The lowest BCUT2D eigenvalue weighted by molar-refractivity contribution is 0.198. The number of thiophene rings is 1. The molecule has 0 aliphatic carbocycles. The van der Waals surface area contributed by atoms with E-state index in [0.717, 1.165) is 50.0 Å². The molecule has 27 heavy (non-hydrogen) atoms. The molecule has 1 saturated heterocycles. The van der Waals surface area contributed by atoms with Crippen molar-refractivity contribution in [2.24, 2.45) is 4.99 Å². The van der Waals surface area contributed by atoms with Gasteiger partial charge in [0.05, 0.1) is 0 Å². The normalized spacial score (nSPS) is 17.7. The monoisotopic (exact) mass is 404 g/mol. The van der Waals surface area contributed by atoms with Crippen molar-refractivity contribution in [3.8, 4) is 0 Å². The fourth-order valence-electron chi connectivity index (χ4n) is 3.39. The number of rotatable bonds is 6. The number of hydrogen-bond donors (Lipinski definition) is 2. The van der Waals surface area contributed by atoms with Crippen molar-refractivity contribution < 1.29 is 0 Å². The molecule has 1 unspecified atom stereocenters. The Morgan fingerprint density at radius 3 is 2.63 bits per heavy atom. The van der Waals surface area contributed by atoms with Gasteiger partial charge in [-0.15, -0.1) is 11.3 Å². The second kappa shape index (κ2) is 10.1. The molecular weight excluding hydrogens is 376 g/mol. The van der Waals surface area contributed by atoms with E-state index >= 15 is 0 Å². The molecule has 146 valence electrons. The molecule has 1 aliphatic heterocycles. The number of nitrogens with zero attached hydrogens (tertiary/aromatic N) is 2. The predicted octanol–water partition coefficient (Wildman–Crippen LogP) is 4.33. The van der Waals surface area contributed by atoms with Gasteiger partial charge in [-0.1, -0.05) is 36.7 Å². The molecule has 4 nitrogen and oxygen atoms in total. The van der Waals surface area contributed by atoms with Crippen LogP contribution in [-0.2, 0) is 6.54 Å². The summed E-state index contributed by atoms with van der Waals surface area (Å²) in [7, 11) is 1.85. The number of nitrogens with one attached hydrogen (secondary N) is 2. The van der Waals surface area contributed by atoms with Crippen LogP contribution in [0.25, 0.3) is 0 Å². The minimum atomic E-state index is 0.481. The van der Waals surface area contributed by atoms with Gasteiger partial charge >= 0.3 is 0 Å². The summed E-state index contributed by atoms with van der Waals surface area (Å²) in [5.41, 5.74) is 1.32. The molecule has 6 heteroatoms. The van der Waals surface area contributed by atoms with Crippen LogP contribution in [0.4, 0.5) is 0 Å². The van der Waals surface area contributed by atoms with Crippen molar-refractivity contribution in [3.63, 3.8) is 0 Å². The van der Waals surface area contributed by atoms with E-state index in [0.29, 0.717) is 12.0 Å². The van der Waals surface area contributed by atoms with E-state index in [9.17, 15) is 0 Å². The highest BCUT2D eigenvalue weighted by Crippen LogP contribution is 2.20. The van der Waals surface area contributed by atoms with Gasteiger partial charge in [-0.05, 0) is 42.0 Å². The zero-order valence-corrected chi connectivity index (χ0v) is 17.7. The average molecular weight is 405 g/mol. The fourth-order valence-corrected chi connectivity index (χ4v) is 4.31. The number of piperidine rings is 1. The first-order chi connectivity index (χ1) is 13.1. The van der Waals surface area contributed by atoms with Gasteiger partial charge < -0.3 is 10.6 Å². The molecule has 1 aromatic heterocycles. The third-order valence-electron chi connectivity index (χ3n) is 5.08. The maximum atomic E-state index is 5.97. The number of hydrogen-bond acceptors (Lipinski definition) is 3. The Kier molecular flexibility index (Phi) is 7.56. The second-order valence-corrected chi connectivity index (χ2v) is 8.61. The SMILES string of the molecule is CN=C(NCC(C)c1cccs1)NC1CCN(Cc2ccc(Cl)cc2)CC1. The van der Waals surface area contributed by atoms with E-state index < -0.39 is 0 Å². The summed E-state index contributed by atoms with van der Waals surface area (Å²) in [4.78, 5) is 8.32. The average Bonchev–Trinajstić information content (AvgIpc) is 3.23. The highest BCUT2D eigenvalue weighted by molar-refractivity contribution is 7.10. The van der Waals surface area contributed by atoms with E-state index in [2.05, 4.69) is 57.1 Å². The summed E-state index contributed by atoms with van der Waals surface area (Å²) in [6.45, 7) is 6.35. The summed E-state index contributed by atoms with van der Waals surface area (Å²) in [6.07, 6.45) is 2.27. The van der Waals surface area contributed by atoms with Crippen LogP contribution in [0.15, 0.2) is 46.8 Å². The van der Waals surface area contributed by atoms with Crippen LogP contribution in [0.3, 0.4) is 0 Å². The quantitative estimate of drug-likeness (QED) is 0.555. The Hall–Kier alpha value is -1.56. The second-order valence-electron chi connectivity index (χ2n) is 7.19. The molecule has 2 aromatic rings. The lowest BCUT2D eigenvalue weighted by Gasteiger charge is -2.33. The number of halogens is 1. The van der Waals surface area contributed by atoms with Gasteiger partial charge in [0.15, 0.2) is 5.96 Å². The molecule has 1 aromatic carbocycles. The van der Waals surface area contributed by atoms with Crippen LogP contribution >= 0.6 is 22.9 Å². The minimum Gasteiger partial charge on any atom is -0.356 e. The lowest BCUT2D eigenvalue weighted by Crippen LogP contribution is -2.49. The van der Waals surface area contributed by atoms with Crippen molar-refractivity contribution in [3.05, 3.63) is 57.2 Å². The summed E-state index contributed by atoms with van der Waals surface area (Å²) in [5, 5.41) is 10.0. The Morgan fingerprint density at radius 1 is 1.26 bits per heavy atom. The highest BCUT2D eigenvalue weighted by atomic mass is 35.5. The molecule has 0 radical (unpaired) electrons. The van der Waals surface area contributed by atoms with Gasteiger partial charge in [0.2, 0.25) is 0 Å². The number of guanidine groups is 1. The molecular formula is C21H29ClN4S. The lowest BCUT2D eigenvalue weighted by atomic mass is 10.0. The van der Waals surface area contributed by atoms with E-state index in [1.54, 1.807) is 0 Å². The van der Waals surface area contributed by atoms with Crippen molar-refractivity contribution in [1.29, 1.82) is 0 Å². The Bertz CT molecular complexity index is 706. The number of benzene rings is 1. The zero-order valence-electron chi connectivity index (χ0n) is 16.1. The van der Waals surface area contributed by atoms with Gasteiger partial charge in [-0.25, -0.2) is 0 Å². The van der Waals surface area contributed by atoms with E-state index in [1.807, 2.05) is 30.5 Å². The number of likely N-dealkylation sites (tertiary alicyclic amines) is 1. The largest absolute Gasteiger partial charge is 0.356 e. The maximum absolute atomic E-state index is 5.97. The van der Waals surface area contributed by atoms with Gasteiger partial charge in [-0.2, -0.15) is 0 Å². The van der Waals surface area contributed by atoms with Gasteiger partial charge in [-0.3, -0.25) is 9.89 Å². The summed E-state index contributed by atoms with van der Waals surface area (Å²) in [6, 6.07) is 13.0. The minimum absolute atomic E-state index is 0.481. The van der Waals surface area contributed by atoms with Crippen molar-refractivity contribution in [2.75, 3.05) is 26.7 Å². The first-order valence-corrected chi connectivity index (χ1v) is 10.9. The fraction of sp³-hybridized carbons (Fsp3) is 0.476. The molecule has 3 rings (SSSR count). The molecule has 0 amide bonds. The summed E-state index contributed by atoms with van der Waals surface area (Å²) in [5.74, 6) is 1.40. The molecule has 0 saturated carbocycles. The molecule has 0 spiro atoms. The first-order valence-electron chi connectivity index (χ1n) is 9.61. The topological polar surface area (TPSA) is 39.7 Å². The van der Waals surface area contributed by atoms with Crippen LogP contribution < -0.4 is 10.6 Å². The smallest absolute Gasteiger partial charge is 0.191 e. The summed E-state index contributed by atoms with van der Waals surface area (Å²) < 4.78 is 0. The van der Waals surface area contributed by atoms with Crippen LogP contribution in [-0.4, -0.2) is 43.6 Å². The Balaban J connectivity index is 1.40. The molecule has 1 atom stereocenters. The van der Waals surface area contributed by atoms with Crippen molar-refractivity contribution >= 4 is 28.9 Å². The van der Waals surface area contributed by atoms with Crippen molar-refractivity contribution in [2.45, 2.75) is 38.3 Å². The van der Waals surface area contributed by atoms with Gasteiger partial charge in [0.25, 0.3) is 0 Å². The molecule has 2 N–H and O–H groups in total. The number of aliphatic imine (C=N–C) groups is 1. The van der Waals surface area contributed by atoms with E-state index in [4.69, 9.17) is 11.6 Å². The van der Waals surface area contributed by atoms with E-state index in [-0.39, 0.29) is 0 Å². The predicted molar refractivity (Wildman–Crippen MR) is 117 cm³/mol. The Morgan fingerprint density at radius 2 is 2.00 bits per heavy atom. The summed E-state index contributed by atoms with van der Waals surface area (Å²) >= 11 is 7.79. The molecule has 1 aliphatic rings. The molecule has 2 heterocycles. The first kappa shape index (κ1) is 20.2. The third kappa shape index (κ3) is 6.23. The molecule has 1 fully saturated rings. The van der Waals surface area contributed by atoms with Crippen LogP contribution in [0.5, 0.6) is 0 Å². The standard InChI is InChI=1S/C21H29ClN4S/c1-16(20-4-3-13-27-20)14-24-21(23-2)25-19-9-11-26(12-10-19)15-17-5-7-18(22)8-6-17/h3-8,13,16,19H,9-12,14-15H2,1-2H3,(H2,23,24,25). The maximum Gasteiger partial charge on any atom is 0.191 e. The van der Waals surface area contributed by atoms with E-state index in [1.165, 1.54) is 10.4 Å². The van der Waals surface area contributed by atoms with Crippen molar-refractivity contribution in [1.82, 2.24) is 15.5 Å². The van der Waals surface area contributed by atoms with Crippen LogP contribution in [0, 0.1) is 0 Å². The van der Waals surface area contributed by atoms with Crippen LogP contribution in [0.1, 0.15) is 36.1 Å².